The van der Waals surface area contributed by atoms with E-state index in [1.54, 1.807) is 19.9 Å². The lowest BCUT2D eigenvalue weighted by Gasteiger charge is -2.40. The van der Waals surface area contributed by atoms with Crippen LogP contribution in [0.3, 0.4) is 0 Å². The van der Waals surface area contributed by atoms with Crippen LogP contribution in [0.2, 0.25) is 0 Å². The zero-order valence-corrected chi connectivity index (χ0v) is 18.7. The standard InChI is InChI=1S/C23H25F2N5O2/c1-22(2,3)15-11-17(14-7-6-13(24)10-16(14)25)28-30-12-18(27-19(15)30)20(31)29-9-8-26-21(32)23(29,4)5/h6-7,10-12H,8-9H2,1-5H3,(H,26,32). The van der Waals surface area contributed by atoms with Gasteiger partial charge in [-0.25, -0.2) is 18.3 Å². The number of hydrogen-bond acceptors (Lipinski definition) is 4. The van der Waals surface area contributed by atoms with E-state index in [0.29, 0.717) is 24.4 Å². The molecule has 1 aromatic carbocycles. The molecule has 0 atom stereocenters. The molecule has 0 unspecified atom stereocenters. The highest BCUT2D eigenvalue weighted by atomic mass is 19.1. The van der Waals surface area contributed by atoms with Crippen molar-refractivity contribution in [1.82, 2.24) is 24.8 Å². The maximum absolute atomic E-state index is 14.5. The molecule has 1 saturated heterocycles. The Morgan fingerprint density at radius 2 is 1.91 bits per heavy atom. The number of carbonyl (C=O) groups is 2. The molecule has 7 nitrogen and oxygen atoms in total. The van der Waals surface area contributed by atoms with Gasteiger partial charge in [0.25, 0.3) is 5.91 Å². The molecule has 0 aliphatic carbocycles. The van der Waals surface area contributed by atoms with E-state index in [-0.39, 0.29) is 23.1 Å². The van der Waals surface area contributed by atoms with Crippen molar-refractivity contribution >= 4 is 17.5 Å². The van der Waals surface area contributed by atoms with Gasteiger partial charge in [-0.15, -0.1) is 0 Å². The van der Waals surface area contributed by atoms with Gasteiger partial charge in [0, 0.05) is 30.3 Å². The fraction of sp³-hybridized carbons (Fsp3) is 0.391. The van der Waals surface area contributed by atoms with Crippen molar-refractivity contribution in [3.8, 4) is 11.3 Å². The molecule has 2 aromatic heterocycles. The number of amides is 2. The lowest BCUT2D eigenvalue weighted by atomic mass is 9.87. The molecule has 1 aliphatic heterocycles. The second kappa shape index (κ2) is 7.36. The normalized spacial score (nSPS) is 16.3. The molecule has 3 aromatic rings. The van der Waals surface area contributed by atoms with Crippen molar-refractivity contribution in [3.05, 3.63) is 53.4 Å². The molecule has 1 aliphatic rings. The van der Waals surface area contributed by atoms with Crippen molar-refractivity contribution in [2.24, 2.45) is 0 Å². The minimum atomic E-state index is -1.02. The molecular formula is C23H25F2N5O2. The number of carbonyl (C=O) groups excluding carboxylic acids is 2. The zero-order valence-electron chi connectivity index (χ0n) is 18.7. The Morgan fingerprint density at radius 3 is 2.56 bits per heavy atom. The second-order valence-corrected chi connectivity index (χ2v) is 9.48. The van der Waals surface area contributed by atoms with Gasteiger partial charge in [-0.1, -0.05) is 20.8 Å². The summed E-state index contributed by atoms with van der Waals surface area (Å²) >= 11 is 0. The molecule has 32 heavy (non-hydrogen) atoms. The van der Waals surface area contributed by atoms with Gasteiger partial charge < -0.3 is 10.2 Å². The van der Waals surface area contributed by atoms with E-state index in [9.17, 15) is 18.4 Å². The van der Waals surface area contributed by atoms with Crippen molar-refractivity contribution in [1.29, 1.82) is 0 Å². The first-order chi connectivity index (χ1) is 14.9. The fourth-order valence-electron chi connectivity index (χ4n) is 3.85. The van der Waals surface area contributed by atoms with Gasteiger partial charge in [0.15, 0.2) is 5.65 Å². The Hall–Kier alpha value is -3.36. The van der Waals surface area contributed by atoms with Crippen LogP contribution in [0.15, 0.2) is 30.5 Å². The fourth-order valence-corrected chi connectivity index (χ4v) is 3.85. The Kier molecular flexibility index (Phi) is 5.02. The van der Waals surface area contributed by atoms with E-state index in [4.69, 9.17) is 0 Å². The summed E-state index contributed by atoms with van der Waals surface area (Å²) in [5.41, 5.74) is 0.386. The van der Waals surface area contributed by atoms with Crippen molar-refractivity contribution in [3.63, 3.8) is 0 Å². The molecule has 4 rings (SSSR count). The number of fused-ring (bicyclic) bond motifs is 1. The number of piperazine rings is 1. The predicted octanol–water partition coefficient (Wildman–Crippen LogP) is 3.32. The van der Waals surface area contributed by atoms with Crippen LogP contribution >= 0.6 is 0 Å². The van der Waals surface area contributed by atoms with Crippen LogP contribution < -0.4 is 5.32 Å². The highest BCUT2D eigenvalue weighted by Gasteiger charge is 2.41. The first-order valence-corrected chi connectivity index (χ1v) is 10.4. The third kappa shape index (κ3) is 3.61. The molecular weight excluding hydrogens is 416 g/mol. The predicted molar refractivity (Wildman–Crippen MR) is 115 cm³/mol. The van der Waals surface area contributed by atoms with Gasteiger partial charge in [-0.05, 0) is 37.5 Å². The van der Waals surface area contributed by atoms with E-state index in [1.807, 2.05) is 20.8 Å². The zero-order chi connectivity index (χ0) is 23.4. The third-order valence-electron chi connectivity index (χ3n) is 5.76. The highest BCUT2D eigenvalue weighted by molar-refractivity contribution is 5.99. The van der Waals surface area contributed by atoms with Crippen LogP contribution in [0.25, 0.3) is 16.9 Å². The number of halogens is 2. The maximum atomic E-state index is 14.5. The minimum absolute atomic E-state index is 0.141. The Bertz CT molecular complexity index is 1240. The SMILES string of the molecule is CC(C)(C)c1cc(-c2ccc(F)cc2F)nn2cc(C(=O)N3CCNC(=O)C3(C)C)nc12. The molecule has 0 radical (unpaired) electrons. The van der Waals surface area contributed by atoms with Gasteiger partial charge in [0.05, 0.1) is 11.9 Å². The highest BCUT2D eigenvalue weighted by Crippen LogP contribution is 2.31. The molecule has 9 heteroatoms. The van der Waals surface area contributed by atoms with Gasteiger partial charge >= 0.3 is 0 Å². The molecule has 1 N–H and O–H groups in total. The summed E-state index contributed by atoms with van der Waals surface area (Å²) in [6, 6.07) is 5.03. The first-order valence-electron chi connectivity index (χ1n) is 10.4. The Morgan fingerprint density at radius 1 is 1.19 bits per heavy atom. The van der Waals surface area contributed by atoms with Crippen LogP contribution in [-0.2, 0) is 10.2 Å². The lowest BCUT2D eigenvalue weighted by Crippen LogP contribution is -2.63. The minimum Gasteiger partial charge on any atom is -0.352 e. The average molecular weight is 441 g/mol. The molecule has 168 valence electrons. The quantitative estimate of drug-likeness (QED) is 0.662. The van der Waals surface area contributed by atoms with Gasteiger partial charge in [0.2, 0.25) is 5.91 Å². The van der Waals surface area contributed by atoms with Gasteiger partial charge in [-0.3, -0.25) is 9.59 Å². The first kappa shape index (κ1) is 21.9. The Balaban J connectivity index is 1.86. The van der Waals surface area contributed by atoms with E-state index in [0.717, 1.165) is 11.6 Å². The van der Waals surface area contributed by atoms with E-state index in [1.165, 1.54) is 27.7 Å². The number of benzene rings is 1. The van der Waals surface area contributed by atoms with Crippen molar-refractivity contribution in [2.75, 3.05) is 13.1 Å². The van der Waals surface area contributed by atoms with E-state index in [2.05, 4.69) is 15.4 Å². The van der Waals surface area contributed by atoms with Gasteiger partial charge in [-0.2, -0.15) is 5.10 Å². The summed E-state index contributed by atoms with van der Waals surface area (Å²) < 4.78 is 29.3. The molecule has 2 amide bonds. The largest absolute Gasteiger partial charge is 0.352 e. The number of hydrogen-bond donors (Lipinski definition) is 1. The summed E-state index contributed by atoms with van der Waals surface area (Å²) in [5, 5.41) is 7.22. The number of aromatic nitrogens is 3. The molecule has 0 spiro atoms. The average Bonchev–Trinajstić information content (AvgIpc) is 3.12. The van der Waals surface area contributed by atoms with Crippen LogP contribution in [-0.4, -0.2) is 49.9 Å². The summed E-state index contributed by atoms with van der Waals surface area (Å²) in [6.45, 7) is 10.0. The number of rotatable bonds is 2. The number of imidazole rings is 1. The third-order valence-corrected chi connectivity index (χ3v) is 5.76. The summed E-state index contributed by atoms with van der Waals surface area (Å²) in [4.78, 5) is 31.6. The topological polar surface area (TPSA) is 79.6 Å². The van der Waals surface area contributed by atoms with Crippen LogP contribution in [0.5, 0.6) is 0 Å². The number of nitrogens with one attached hydrogen (secondary N) is 1. The second-order valence-electron chi connectivity index (χ2n) is 9.48. The van der Waals surface area contributed by atoms with Crippen LogP contribution in [0.4, 0.5) is 8.78 Å². The molecule has 1 fully saturated rings. The smallest absolute Gasteiger partial charge is 0.275 e. The molecule has 0 bridgehead atoms. The van der Waals surface area contributed by atoms with Crippen molar-refractivity contribution < 1.29 is 18.4 Å². The maximum Gasteiger partial charge on any atom is 0.275 e. The summed E-state index contributed by atoms with van der Waals surface area (Å²) in [7, 11) is 0. The van der Waals surface area contributed by atoms with Crippen LogP contribution in [0.1, 0.15) is 50.7 Å². The van der Waals surface area contributed by atoms with E-state index >= 15 is 0 Å². The number of nitrogens with zero attached hydrogens (tertiary/aromatic N) is 4. The van der Waals surface area contributed by atoms with Crippen molar-refractivity contribution in [2.45, 2.75) is 45.6 Å². The summed E-state index contributed by atoms with van der Waals surface area (Å²) in [6.07, 6.45) is 1.49. The molecule has 3 heterocycles. The van der Waals surface area contributed by atoms with Crippen LogP contribution in [0, 0.1) is 11.6 Å². The lowest BCUT2D eigenvalue weighted by molar-refractivity contribution is -0.133. The van der Waals surface area contributed by atoms with Gasteiger partial charge in [0.1, 0.15) is 22.9 Å². The Labute approximate surface area is 184 Å². The van der Waals surface area contributed by atoms with E-state index < -0.39 is 22.6 Å². The summed E-state index contributed by atoms with van der Waals surface area (Å²) in [5.74, 6) is -2.02. The monoisotopic (exact) mass is 441 g/mol. The molecule has 0 saturated carbocycles.